The Morgan fingerprint density at radius 1 is 1.43 bits per heavy atom. The Morgan fingerprint density at radius 2 is 2.22 bits per heavy atom. The second-order valence-corrected chi connectivity index (χ2v) is 6.89. The average molecular weight is 318 g/mol. The number of methoxy groups -OCH3 is 1. The first-order chi connectivity index (χ1) is 11.0. The van der Waals surface area contributed by atoms with Gasteiger partial charge in [-0.25, -0.2) is 4.79 Å². The molecule has 1 aliphatic heterocycles. The van der Waals surface area contributed by atoms with Gasteiger partial charge in [-0.15, -0.1) is 0 Å². The monoisotopic (exact) mass is 318 g/mol. The number of carbonyl (C=O) groups is 1. The van der Waals surface area contributed by atoms with Crippen LogP contribution in [0.2, 0.25) is 0 Å². The first kappa shape index (κ1) is 16.1. The molecule has 1 spiro atoms. The van der Waals surface area contributed by atoms with Crippen molar-refractivity contribution in [1.82, 2.24) is 10.2 Å². The molecule has 3 rings (SSSR count). The number of nitrogens with one attached hydrogen (secondary N) is 1. The molecule has 1 heterocycles. The van der Waals surface area contributed by atoms with Crippen LogP contribution in [0.1, 0.15) is 36.9 Å². The third-order valence-corrected chi connectivity index (χ3v) is 4.88. The third-order valence-electron chi connectivity index (χ3n) is 4.88. The van der Waals surface area contributed by atoms with Crippen LogP contribution in [0.25, 0.3) is 0 Å². The molecule has 5 heteroatoms. The Balaban J connectivity index is 1.68. The molecule has 2 aliphatic rings. The lowest BCUT2D eigenvalue weighted by atomic mass is 10.0. The van der Waals surface area contributed by atoms with Crippen molar-refractivity contribution in [2.45, 2.75) is 32.7 Å². The zero-order valence-corrected chi connectivity index (χ0v) is 14.2. The van der Waals surface area contributed by atoms with Crippen molar-refractivity contribution >= 4 is 6.03 Å². The maximum absolute atomic E-state index is 12.7. The number of benzene rings is 1. The van der Waals surface area contributed by atoms with E-state index in [0.717, 1.165) is 42.9 Å². The molecule has 2 fully saturated rings. The van der Waals surface area contributed by atoms with Crippen LogP contribution in [0.5, 0.6) is 5.75 Å². The number of ether oxygens (including phenoxy) is 2. The molecule has 0 aromatic heterocycles. The number of urea groups is 1. The molecule has 1 saturated carbocycles. The van der Waals surface area contributed by atoms with Gasteiger partial charge in [-0.1, -0.05) is 17.7 Å². The molecule has 1 atom stereocenters. The van der Waals surface area contributed by atoms with Gasteiger partial charge in [0.25, 0.3) is 0 Å². The van der Waals surface area contributed by atoms with E-state index in [1.807, 2.05) is 30.9 Å². The Labute approximate surface area is 137 Å². The van der Waals surface area contributed by atoms with Crippen LogP contribution >= 0.6 is 0 Å². The summed E-state index contributed by atoms with van der Waals surface area (Å²) < 4.78 is 11.1. The first-order valence-electron chi connectivity index (χ1n) is 8.31. The lowest BCUT2D eigenvalue weighted by Crippen LogP contribution is -2.44. The van der Waals surface area contributed by atoms with Gasteiger partial charge in [0.15, 0.2) is 0 Å². The number of rotatable bonds is 3. The smallest absolute Gasteiger partial charge is 0.317 e. The quantitative estimate of drug-likeness (QED) is 0.932. The topological polar surface area (TPSA) is 50.8 Å². The molecule has 1 N–H and O–H groups in total. The third kappa shape index (κ3) is 3.61. The molecule has 2 amide bonds. The summed E-state index contributed by atoms with van der Waals surface area (Å²) in [6, 6.07) is 5.92. The maximum Gasteiger partial charge on any atom is 0.317 e. The maximum atomic E-state index is 12.7. The number of nitrogens with zero attached hydrogens (tertiary/aromatic N) is 1. The van der Waals surface area contributed by atoms with Crippen molar-refractivity contribution in [3.8, 4) is 5.75 Å². The minimum absolute atomic E-state index is 0.0159. The highest BCUT2D eigenvalue weighted by Gasteiger charge is 2.46. The number of hydrogen-bond donors (Lipinski definition) is 1. The Hall–Kier alpha value is -1.75. The number of hydrogen-bond acceptors (Lipinski definition) is 3. The molecule has 5 nitrogen and oxygen atoms in total. The molecule has 1 saturated heterocycles. The fourth-order valence-electron chi connectivity index (χ4n) is 3.19. The predicted molar refractivity (Wildman–Crippen MR) is 88.7 cm³/mol. The minimum Gasteiger partial charge on any atom is -0.496 e. The van der Waals surface area contributed by atoms with Crippen molar-refractivity contribution in [2.75, 3.05) is 33.4 Å². The molecular formula is C18H26N2O3. The van der Waals surface area contributed by atoms with E-state index in [4.69, 9.17) is 9.47 Å². The van der Waals surface area contributed by atoms with Crippen LogP contribution in [0.4, 0.5) is 4.79 Å². The van der Waals surface area contributed by atoms with E-state index in [1.165, 1.54) is 0 Å². The van der Waals surface area contributed by atoms with Crippen molar-refractivity contribution in [3.63, 3.8) is 0 Å². The number of carbonyl (C=O) groups excluding carboxylic acids is 1. The van der Waals surface area contributed by atoms with Crippen LogP contribution in [0.15, 0.2) is 18.2 Å². The fourth-order valence-corrected chi connectivity index (χ4v) is 3.19. The lowest BCUT2D eigenvalue weighted by Gasteiger charge is -2.26. The number of amides is 2. The summed E-state index contributed by atoms with van der Waals surface area (Å²) in [6.07, 6.45) is 2.33. The highest BCUT2D eigenvalue weighted by atomic mass is 16.5. The SMILES string of the molecule is COc1ccc(C)cc1[C@@H](C)NC(=O)N1CCOCC2(CC2)C1. The van der Waals surface area contributed by atoms with E-state index < -0.39 is 0 Å². The predicted octanol–water partition coefficient (Wildman–Crippen LogP) is 2.89. The molecule has 0 unspecified atom stereocenters. The van der Waals surface area contributed by atoms with Crippen LogP contribution in [0.3, 0.4) is 0 Å². The molecule has 1 aromatic carbocycles. The fraction of sp³-hybridized carbons (Fsp3) is 0.611. The second-order valence-electron chi connectivity index (χ2n) is 6.89. The van der Waals surface area contributed by atoms with Gasteiger partial charge in [-0.3, -0.25) is 0 Å². The number of aryl methyl sites for hydroxylation is 1. The zero-order chi connectivity index (χ0) is 16.4. The van der Waals surface area contributed by atoms with Crippen molar-refractivity contribution in [2.24, 2.45) is 5.41 Å². The molecule has 126 valence electrons. The summed E-state index contributed by atoms with van der Waals surface area (Å²) >= 11 is 0. The molecule has 1 aromatic rings. The minimum atomic E-state index is -0.100. The molecule has 0 bridgehead atoms. The Bertz CT molecular complexity index is 584. The highest BCUT2D eigenvalue weighted by molar-refractivity contribution is 5.75. The largest absolute Gasteiger partial charge is 0.496 e. The molecule has 1 aliphatic carbocycles. The van der Waals surface area contributed by atoms with Gasteiger partial charge in [0.2, 0.25) is 0 Å². The van der Waals surface area contributed by atoms with E-state index >= 15 is 0 Å². The Morgan fingerprint density at radius 3 is 2.91 bits per heavy atom. The van der Waals surface area contributed by atoms with Gasteiger partial charge in [0, 0.05) is 24.1 Å². The zero-order valence-electron chi connectivity index (χ0n) is 14.2. The van der Waals surface area contributed by atoms with Crippen LogP contribution in [-0.4, -0.2) is 44.3 Å². The van der Waals surface area contributed by atoms with Crippen molar-refractivity contribution < 1.29 is 14.3 Å². The summed E-state index contributed by atoms with van der Waals surface area (Å²) in [6.45, 7) is 6.91. The van der Waals surface area contributed by atoms with Crippen LogP contribution < -0.4 is 10.1 Å². The van der Waals surface area contributed by atoms with E-state index in [1.54, 1.807) is 7.11 Å². The van der Waals surface area contributed by atoms with Gasteiger partial charge < -0.3 is 19.7 Å². The van der Waals surface area contributed by atoms with Gasteiger partial charge in [0.1, 0.15) is 5.75 Å². The van der Waals surface area contributed by atoms with E-state index in [9.17, 15) is 4.79 Å². The van der Waals surface area contributed by atoms with E-state index in [-0.39, 0.29) is 17.5 Å². The van der Waals surface area contributed by atoms with Gasteiger partial charge in [0.05, 0.1) is 26.4 Å². The van der Waals surface area contributed by atoms with Gasteiger partial charge in [-0.05, 0) is 32.8 Å². The van der Waals surface area contributed by atoms with Crippen LogP contribution in [0, 0.1) is 12.3 Å². The molecule has 0 radical (unpaired) electrons. The molecule has 23 heavy (non-hydrogen) atoms. The van der Waals surface area contributed by atoms with Gasteiger partial charge >= 0.3 is 6.03 Å². The summed E-state index contributed by atoms with van der Waals surface area (Å²) in [7, 11) is 1.66. The Kier molecular flexibility index (Phi) is 4.48. The summed E-state index contributed by atoms with van der Waals surface area (Å²) in [5.74, 6) is 0.807. The van der Waals surface area contributed by atoms with E-state index in [2.05, 4.69) is 11.4 Å². The summed E-state index contributed by atoms with van der Waals surface area (Å²) in [5.41, 5.74) is 2.38. The molecular weight excluding hydrogens is 292 g/mol. The van der Waals surface area contributed by atoms with E-state index in [0.29, 0.717) is 13.2 Å². The summed E-state index contributed by atoms with van der Waals surface area (Å²) in [4.78, 5) is 14.6. The van der Waals surface area contributed by atoms with Gasteiger partial charge in [-0.2, -0.15) is 0 Å². The lowest BCUT2D eigenvalue weighted by molar-refractivity contribution is 0.115. The normalized spacial score (nSPS) is 20.7. The highest BCUT2D eigenvalue weighted by Crippen LogP contribution is 2.47. The standard InChI is InChI=1S/C18H26N2O3/c1-13-4-5-16(22-3)15(10-13)14(2)19-17(21)20-8-9-23-12-18(11-20)6-7-18/h4-5,10,14H,6-9,11-12H2,1-3H3,(H,19,21)/t14-/m1/s1. The van der Waals surface area contributed by atoms with Crippen molar-refractivity contribution in [1.29, 1.82) is 0 Å². The first-order valence-corrected chi connectivity index (χ1v) is 8.31. The van der Waals surface area contributed by atoms with Crippen molar-refractivity contribution in [3.05, 3.63) is 29.3 Å². The second kappa shape index (κ2) is 6.40. The van der Waals surface area contributed by atoms with Crippen LogP contribution in [-0.2, 0) is 4.74 Å². The average Bonchev–Trinajstić information content (AvgIpc) is 3.33. The summed E-state index contributed by atoms with van der Waals surface area (Å²) in [5, 5.41) is 3.11.